The molecule has 1 aliphatic rings. The monoisotopic (exact) mass is 305 g/mol. The Morgan fingerprint density at radius 1 is 1.50 bits per heavy atom. The van der Waals surface area contributed by atoms with Crippen LogP contribution in [0, 0.1) is 0 Å². The van der Waals surface area contributed by atoms with Crippen LogP contribution in [0.2, 0.25) is 0 Å². The number of hydrogen-bond donors (Lipinski definition) is 1. The third-order valence-electron chi connectivity index (χ3n) is 4.77. The molecule has 0 aliphatic carbocycles. The Bertz CT molecular complexity index is 707. The third kappa shape index (κ3) is 2.06. The molecule has 1 N–H and O–H groups in total. The van der Waals surface area contributed by atoms with E-state index in [-0.39, 0.29) is 16.1 Å². The molecule has 2 atom stereocenters. The van der Waals surface area contributed by atoms with E-state index in [9.17, 15) is 9.90 Å². The quantitative estimate of drug-likeness (QED) is 0.848. The molecule has 2 aromatic heterocycles. The Morgan fingerprint density at radius 3 is 2.95 bits per heavy atom. The van der Waals surface area contributed by atoms with E-state index in [1.165, 1.54) is 6.33 Å². The summed E-state index contributed by atoms with van der Waals surface area (Å²) in [5.41, 5.74) is 0.905. The topological polar surface area (TPSA) is 93.8 Å². The second-order valence-electron chi connectivity index (χ2n) is 6.84. The van der Waals surface area contributed by atoms with Crippen molar-refractivity contribution in [1.29, 1.82) is 0 Å². The maximum Gasteiger partial charge on any atom is 0.514 e. The molecule has 22 heavy (non-hydrogen) atoms. The van der Waals surface area contributed by atoms with Crippen molar-refractivity contribution in [2.24, 2.45) is 0 Å². The van der Waals surface area contributed by atoms with E-state index >= 15 is 0 Å². The number of carbonyl (C=O) groups is 1. The van der Waals surface area contributed by atoms with E-state index in [4.69, 9.17) is 0 Å². The summed E-state index contributed by atoms with van der Waals surface area (Å²) in [4.78, 5) is 20.2. The summed E-state index contributed by atoms with van der Waals surface area (Å²) in [6, 6.07) is -0.0441. The highest BCUT2D eigenvalue weighted by molar-refractivity contribution is 5.67. The minimum Gasteiger partial charge on any atom is -0.435 e. The first-order valence-corrected chi connectivity index (χ1v) is 7.47. The van der Waals surface area contributed by atoms with Gasteiger partial charge in [0.05, 0.1) is 19.3 Å². The lowest BCUT2D eigenvalue weighted by atomic mass is 10.00. The summed E-state index contributed by atoms with van der Waals surface area (Å²) in [6.07, 6.45) is 4.06. The molecule has 1 unspecified atom stereocenters. The maximum absolute atomic E-state index is 12.1. The van der Waals surface area contributed by atoms with E-state index in [1.54, 1.807) is 10.9 Å². The van der Waals surface area contributed by atoms with Gasteiger partial charge in [-0.25, -0.2) is 19.1 Å². The molecule has 3 rings (SSSR count). The van der Waals surface area contributed by atoms with Gasteiger partial charge in [-0.3, -0.25) is 0 Å². The van der Waals surface area contributed by atoms with E-state index < -0.39 is 6.09 Å². The lowest BCUT2D eigenvalue weighted by molar-refractivity contribution is -0.915. The molecule has 3 heterocycles. The van der Waals surface area contributed by atoms with Gasteiger partial charge < -0.3 is 5.11 Å². The molecule has 0 spiro atoms. The van der Waals surface area contributed by atoms with Crippen molar-refractivity contribution in [3.05, 3.63) is 12.5 Å². The van der Waals surface area contributed by atoms with Crippen LogP contribution in [-0.2, 0) is 6.54 Å². The molecule has 2 aromatic rings. The molecule has 8 heteroatoms. The van der Waals surface area contributed by atoms with Gasteiger partial charge in [-0.05, 0) is 20.8 Å². The van der Waals surface area contributed by atoms with Crippen LogP contribution in [0.3, 0.4) is 0 Å². The van der Waals surface area contributed by atoms with Gasteiger partial charge in [-0.2, -0.15) is 4.79 Å². The fourth-order valence-electron chi connectivity index (χ4n) is 3.68. The standard InChI is InChI=1S/C14H20N6O2/c1-14(2,3)20(13(21)22)6-4-5-10(20)8-19-12-11(17-18-19)7-15-9-16-12/h7,9-10H,4-6,8H2,1-3H3/p+1/t10-,20?/m0/s1. The largest absolute Gasteiger partial charge is 0.514 e. The number of nitrogens with zero attached hydrogens (tertiary/aromatic N) is 6. The number of rotatable bonds is 2. The number of aromatic nitrogens is 5. The zero-order valence-corrected chi connectivity index (χ0v) is 13.1. The van der Waals surface area contributed by atoms with Crippen molar-refractivity contribution in [3.8, 4) is 0 Å². The lowest BCUT2D eigenvalue weighted by Crippen LogP contribution is -2.66. The van der Waals surface area contributed by atoms with Crippen LogP contribution < -0.4 is 0 Å². The fourth-order valence-corrected chi connectivity index (χ4v) is 3.68. The maximum atomic E-state index is 12.1. The lowest BCUT2D eigenvalue weighted by Gasteiger charge is -2.44. The van der Waals surface area contributed by atoms with Gasteiger partial charge in [0.15, 0.2) is 11.2 Å². The van der Waals surface area contributed by atoms with E-state index in [0.717, 1.165) is 12.8 Å². The molecular weight excluding hydrogens is 284 g/mol. The first-order valence-electron chi connectivity index (χ1n) is 7.47. The van der Waals surface area contributed by atoms with Gasteiger partial charge in [0.1, 0.15) is 17.9 Å². The number of carboxylic acid groups (broad SMARTS) is 1. The van der Waals surface area contributed by atoms with Crippen molar-refractivity contribution in [1.82, 2.24) is 25.0 Å². The second kappa shape index (κ2) is 4.98. The molecule has 0 saturated carbocycles. The number of hydrogen-bond acceptors (Lipinski definition) is 5. The summed E-state index contributed by atoms with van der Waals surface area (Å²) in [5, 5.41) is 18.1. The molecule has 8 nitrogen and oxygen atoms in total. The van der Waals surface area contributed by atoms with Crippen molar-refractivity contribution in [2.45, 2.75) is 51.7 Å². The number of likely N-dealkylation sites (tertiary alicyclic amines) is 1. The van der Waals surface area contributed by atoms with Crippen LogP contribution in [0.1, 0.15) is 33.6 Å². The van der Waals surface area contributed by atoms with Crippen LogP contribution in [0.5, 0.6) is 0 Å². The highest BCUT2D eigenvalue weighted by Crippen LogP contribution is 2.37. The Kier molecular flexibility index (Phi) is 3.36. The van der Waals surface area contributed by atoms with Crippen LogP contribution in [-0.4, -0.2) is 58.8 Å². The molecular formula is C14H21N6O2+. The normalized spacial score (nSPS) is 25.7. The molecule has 1 fully saturated rings. The summed E-state index contributed by atoms with van der Waals surface area (Å²) >= 11 is 0. The highest BCUT2D eigenvalue weighted by atomic mass is 16.4. The minimum atomic E-state index is -0.769. The third-order valence-corrected chi connectivity index (χ3v) is 4.77. The number of fused-ring (bicyclic) bond motifs is 1. The highest BCUT2D eigenvalue weighted by Gasteiger charge is 2.56. The summed E-state index contributed by atoms with van der Waals surface area (Å²) in [7, 11) is 0. The minimum absolute atomic E-state index is 0.0441. The molecule has 0 aromatic carbocycles. The Morgan fingerprint density at radius 2 is 2.27 bits per heavy atom. The van der Waals surface area contributed by atoms with E-state index in [0.29, 0.717) is 24.3 Å². The van der Waals surface area contributed by atoms with Gasteiger partial charge in [-0.1, -0.05) is 5.21 Å². The van der Waals surface area contributed by atoms with Crippen molar-refractivity contribution < 1.29 is 14.4 Å². The van der Waals surface area contributed by atoms with E-state index in [2.05, 4.69) is 20.3 Å². The first-order chi connectivity index (χ1) is 10.4. The van der Waals surface area contributed by atoms with Crippen LogP contribution in [0.4, 0.5) is 4.79 Å². The molecule has 0 radical (unpaired) electrons. The van der Waals surface area contributed by atoms with Crippen molar-refractivity contribution in [3.63, 3.8) is 0 Å². The summed E-state index contributed by atoms with van der Waals surface area (Å²) in [6.45, 7) is 7.10. The van der Waals surface area contributed by atoms with Gasteiger partial charge in [0.25, 0.3) is 0 Å². The van der Waals surface area contributed by atoms with Gasteiger partial charge >= 0.3 is 6.09 Å². The first kappa shape index (κ1) is 14.8. The van der Waals surface area contributed by atoms with Crippen LogP contribution >= 0.6 is 0 Å². The van der Waals surface area contributed by atoms with Crippen LogP contribution in [0.15, 0.2) is 12.5 Å². The molecule has 1 aliphatic heterocycles. The smallest absolute Gasteiger partial charge is 0.435 e. The molecule has 1 saturated heterocycles. The predicted octanol–water partition coefficient (Wildman–Crippen LogP) is 1.68. The van der Waals surface area contributed by atoms with E-state index in [1.807, 2.05) is 20.8 Å². The fraction of sp³-hybridized carbons (Fsp3) is 0.643. The van der Waals surface area contributed by atoms with Gasteiger partial charge in [0.2, 0.25) is 0 Å². The Balaban J connectivity index is 1.98. The summed E-state index contributed by atoms with van der Waals surface area (Å²) in [5.74, 6) is 0. The van der Waals surface area contributed by atoms with Crippen LogP contribution in [0.25, 0.3) is 11.2 Å². The zero-order chi connectivity index (χ0) is 16.0. The number of quaternary nitrogens is 1. The van der Waals surface area contributed by atoms with Crippen molar-refractivity contribution in [2.75, 3.05) is 6.54 Å². The van der Waals surface area contributed by atoms with Gasteiger partial charge in [0, 0.05) is 12.8 Å². The SMILES string of the molecule is CC(C)(C)[N+]1(C(=O)O)CCC[C@H]1Cn1nnc2cncnc21. The second-order valence-corrected chi connectivity index (χ2v) is 6.84. The average molecular weight is 305 g/mol. The zero-order valence-electron chi connectivity index (χ0n) is 13.1. The molecule has 1 amide bonds. The van der Waals surface area contributed by atoms with Crippen molar-refractivity contribution >= 4 is 17.3 Å². The molecule has 118 valence electrons. The summed E-state index contributed by atoms with van der Waals surface area (Å²) < 4.78 is 1.76. The van der Waals surface area contributed by atoms with Gasteiger partial charge in [-0.15, -0.1) is 5.10 Å². The molecule has 0 bridgehead atoms. The Hall–Kier alpha value is -2.09. The predicted molar refractivity (Wildman–Crippen MR) is 79.0 cm³/mol. The number of amides is 1. The Labute approximate surface area is 128 Å². The average Bonchev–Trinajstić information content (AvgIpc) is 3.04.